The van der Waals surface area contributed by atoms with E-state index < -0.39 is 46.4 Å². The number of allylic oxidation sites excluding steroid dienone is 1. The van der Waals surface area contributed by atoms with E-state index >= 15 is 0 Å². The molecule has 0 spiro atoms. The lowest BCUT2D eigenvalue weighted by atomic mass is 9.65. The lowest BCUT2D eigenvalue weighted by Crippen LogP contribution is -2.43. The van der Waals surface area contributed by atoms with Crippen LogP contribution < -0.4 is 0 Å². The molecule has 0 amide bonds. The van der Waals surface area contributed by atoms with E-state index in [1.807, 2.05) is 0 Å². The quantitative estimate of drug-likeness (QED) is 0.344. The van der Waals surface area contributed by atoms with Crippen LogP contribution in [0.5, 0.6) is 0 Å². The molecule has 0 atom stereocenters. The van der Waals surface area contributed by atoms with E-state index in [9.17, 15) is 24.0 Å². The summed E-state index contributed by atoms with van der Waals surface area (Å²) >= 11 is 0. The molecule has 0 radical (unpaired) electrons. The summed E-state index contributed by atoms with van der Waals surface area (Å²) in [7, 11) is 0. The summed E-state index contributed by atoms with van der Waals surface area (Å²) in [5, 5.41) is 0. The average Bonchev–Trinajstić information content (AvgIpc) is 2.44. The summed E-state index contributed by atoms with van der Waals surface area (Å²) in [6, 6.07) is 0. The molecular weight excluding hydrogens is 312 g/mol. The third-order valence-electron chi connectivity index (χ3n) is 4.73. The summed E-state index contributed by atoms with van der Waals surface area (Å²) in [5.41, 5.74) is -3.06. The van der Waals surface area contributed by atoms with Crippen molar-refractivity contribution in [3.63, 3.8) is 0 Å². The Hall–Kier alpha value is -2.11. The second-order valence-electron chi connectivity index (χ2n) is 6.19. The predicted octanol–water partition coefficient (Wildman–Crippen LogP) is 2.23. The fourth-order valence-electron chi connectivity index (χ4n) is 2.55. The van der Waals surface area contributed by atoms with E-state index in [1.165, 1.54) is 34.6 Å². The maximum Gasteiger partial charge on any atom is 0.307 e. The zero-order valence-electron chi connectivity index (χ0n) is 15.3. The Morgan fingerprint density at radius 2 is 1.25 bits per heavy atom. The Morgan fingerprint density at radius 1 is 0.833 bits per heavy atom. The second-order valence-corrected chi connectivity index (χ2v) is 6.19. The molecule has 0 aromatic rings. The van der Waals surface area contributed by atoms with Crippen LogP contribution in [0.4, 0.5) is 0 Å². The van der Waals surface area contributed by atoms with Crippen molar-refractivity contribution in [1.29, 1.82) is 0 Å². The van der Waals surface area contributed by atoms with Crippen LogP contribution in [-0.2, 0) is 28.7 Å². The lowest BCUT2D eigenvalue weighted by Gasteiger charge is -2.34. The van der Waals surface area contributed by atoms with E-state index in [-0.39, 0.29) is 18.6 Å². The van der Waals surface area contributed by atoms with Gasteiger partial charge in [-0.2, -0.15) is 0 Å². The smallest absolute Gasteiger partial charge is 0.307 e. The normalized spacial score (nSPS) is 11.6. The summed E-state index contributed by atoms with van der Waals surface area (Å²) in [5.74, 6) is -2.62. The Kier molecular flexibility index (Phi) is 7.41. The number of carbonyl (C=O) groups excluding carboxylic acids is 5. The van der Waals surface area contributed by atoms with Gasteiger partial charge in [0.05, 0.1) is 13.0 Å². The maximum absolute atomic E-state index is 12.2. The highest BCUT2D eigenvalue weighted by molar-refractivity contribution is 6.10. The van der Waals surface area contributed by atoms with Gasteiger partial charge >= 0.3 is 5.97 Å². The molecule has 0 aliphatic rings. The van der Waals surface area contributed by atoms with Gasteiger partial charge in [-0.15, -0.1) is 0 Å². The molecule has 0 heterocycles. The zero-order valence-corrected chi connectivity index (χ0v) is 15.3. The minimum absolute atomic E-state index is 0.115. The fraction of sp³-hybridized carbons (Fsp3) is 0.611. The number of hydrogen-bond donors (Lipinski definition) is 0. The van der Waals surface area contributed by atoms with Crippen LogP contribution >= 0.6 is 0 Å². The Bertz CT molecular complexity index is 556. The first kappa shape index (κ1) is 21.9. The van der Waals surface area contributed by atoms with Gasteiger partial charge in [0.1, 0.15) is 34.0 Å². The fourth-order valence-corrected chi connectivity index (χ4v) is 2.55. The van der Waals surface area contributed by atoms with Crippen molar-refractivity contribution in [1.82, 2.24) is 0 Å². The zero-order chi connectivity index (χ0) is 19.3. The first-order valence-corrected chi connectivity index (χ1v) is 7.74. The van der Waals surface area contributed by atoms with Gasteiger partial charge in [0.15, 0.2) is 0 Å². The highest BCUT2D eigenvalue weighted by Gasteiger charge is 2.48. The molecule has 0 unspecified atom stereocenters. The number of carbonyl (C=O) groups is 5. The first-order valence-electron chi connectivity index (χ1n) is 7.74. The van der Waals surface area contributed by atoms with Crippen molar-refractivity contribution >= 4 is 29.1 Å². The van der Waals surface area contributed by atoms with Crippen LogP contribution in [0.3, 0.4) is 0 Å². The molecule has 0 aromatic carbocycles. The molecule has 0 rings (SSSR count). The van der Waals surface area contributed by atoms with Gasteiger partial charge in [-0.25, -0.2) is 0 Å². The van der Waals surface area contributed by atoms with E-state index in [4.69, 9.17) is 4.74 Å². The molecular formula is C18H26O6. The van der Waals surface area contributed by atoms with E-state index in [2.05, 4.69) is 6.58 Å². The van der Waals surface area contributed by atoms with Crippen LogP contribution in [0.15, 0.2) is 12.2 Å². The standard InChI is InChI=1S/C18H26O6/c1-8-24-16(23)10-18(14(5)21,15(6)22)9-11(2)17(7,12(3)19)13(4)20/h2,8-10H2,1,3-7H3. The van der Waals surface area contributed by atoms with Crippen molar-refractivity contribution in [2.45, 2.75) is 54.4 Å². The molecule has 0 aromatic heterocycles. The van der Waals surface area contributed by atoms with Gasteiger partial charge in [0, 0.05) is 0 Å². The monoisotopic (exact) mass is 338 g/mol. The van der Waals surface area contributed by atoms with E-state index in [0.29, 0.717) is 0 Å². The van der Waals surface area contributed by atoms with Gasteiger partial charge < -0.3 is 4.74 Å². The minimum atomic E-state index is -1.69. The predicted molar refractivity (Wildman–Crippen MR) is 88.3 cm³/mol. The molecule has 24 heavy (non-hydrogen) atoms. The van der Waals surface area contributed by atoms with E-state index in [1.54, 1.807) is 6.92 Å². The molecule has 0 aliphatic heterocycles. The Morgan fingerprint density at radius 3 is 1.54 bits per heavy atom. The van der Waals surface area contributed by atoms with Crippen LogP contribution in [-0.4, -0.2) is 35.7 Å². The maximum atomic E-state index is 12.2. The van der Waals surface area contributed by atoms with Gasteiger partial charge in [0.2, 0.25) is 0 Å². The highest BCUT2D eigenvalue weighted by atomic mass is 16.5. The van der Waals surface area contributed by atoms with Gasteiger partial charge in [0.25, 0.3) is 0 Å². The largest absolute Gasteiger partial charge is 0.466 e. The van der Waals surface area contributed by atoms with Gasteiger partial charge in [-0.05, 0) is 48.0 Å². The lowest BCUT2D eigenvalue weighted by molar-refractivity contribution is -0.153. The summed E-state index contributed by atoms with van der Waals surface area (Å²) in [4.78, 5) is 60.2. The molecule has 0 fully saturated rings. The first-order chi connectivity index (χ1) is 10.9. The van der Waals surface area contributed by atoms with Crippen LogP contribution in [0, 0.1) is 10.8 Å². The minimum Gasteiger partial charge on any atom is -0.466 e. The molecule has 0 saturated heterocycles. The van der Waals surface area contributed by atoms with Crippen molar-refractivity contribution in [2.75, 3.05) is 6.61 Å². The number of esters is 1. The number of ether oxygens (including phenoxy) is 1. The SMILES string of the molecule is C=C(CC(CC(=O)OCC)(C(C)=O)C(C)=O)C(C)(C(C)=O)C(C)=O. The number of ketones is 4. The molecule has 134 valence electrons. The van der Waals surface area contributed by atoms with Crippen molar-refractivity contribution < 1.29 is 28.7 Å². The topological polar surface area (TPSA) is 94.6 Å². The second kappa shape index (κ2) is 8.13. The molecule has 0 bridgehead atoms. The molecule has 6 heteroatoms. The van der Waals surface area contributed by atoms with Crippen LogP contribution in [0.1, 0.15) is 54.4 Å². The van der Waals surface area contributed by atoms with Crippen molar-refractivity contribution in [2.24, 2.45) is 10.8 Å². The Balaban J connectivity index is 5.95. The molecule has 0 saturated carbocycles. The molecule has 0 N–H and O–H groups in total. The van der Waals surface area contributed by atoms with Crippen LogP contribution in [0.2, 0.25) is 0 Å². The van der Waals surface area contributed by atoms with Crippen molar-refractivity contribution in [3.8, 4) is 0 Å². The highest BCUT2D eigenvalue weighted by Crippen LogP contribution is 2.40. The number of Topliss-reactive ketones (excluding diaryl/α,β-unsaturated/α-hetero) is 4. The molecule has 6 nitrogen and oxygen atoms in total. The van der Waals surface area contributed by atoms with Gasteiger partial charge in [-0.3, -0.25) is 24.0 Å². The van der Waals surface area contributed by atoms with Crippen molar-refractivity contribution in [3.05, 3.63) is 12.2 Å². The third kappa shape index (κ3) is 4.24. The number of hydrogen-bond acceptors (Lipinski definition) is 6. The van der Waals surface area contributed by atoms with E-state index in [0.717, 1.165) is 0 Å². The number of rotatable bonds is 10. The summed E-state index contributed by atoms with van der Waals surface area (Å²) < 4.78 is 4.85. The Labute approximate surface area is 142 Å². The summed E-state index contributed by atoms with van der Waals surface area (Å²) in [6.07, 6.45) is -0.706. The van der Waals surface area contributed by atoms with Crippen LogP contribution in [0.25, 0.3) is 0 Å². The third-order valence-corrected chi connectivity index (χ3v) is 4.73. The summed E-state index contributed by atoms with van der Waals surface area (Å²) in [6.45, 7) is 11.8. The molecule has 0 aliphatic carbocycles. The van der Waals surface area contributed by atoms with Gasteiger partial charge in [-0.1, -0.05) is 12.2 Å². The average molecular weight is 338 g/mol.